The van der Waals surface area contributed by atoms with Crippen LogP contribution >= 0.6 is 0 Å². The fourth-order valence-electron chi connectivity index (χ4n) is 2.72. The van der Waals surface area contributed by atoms with Crippen molar-refractivity contribution in [1.29, 1.82) is 0 Å². The number of carbonyl (C=O) groups is 1. The van der Waals surface area contributed by atoms with Crippen LogP contribution in [0.5, 0.6) is 0 Å². The third kappa shape index (κ3) is 5.15. The zero-order valence-corrected chi connectivity index (χ0v) is 14.1. The van der Waals surface area contributed by atoms with Crippen molar-refractivity contribution in [3.8, 4) is 0 Å². The van der Waals surface area contributed by atoms with E-state index in [0.717, 1.165) is 30.2 Å². The molecular weight excluding hydrogens is 318 g/mol. The van der Waals surface area contributed by atoms with Crippen LogP contribution in [0.3, 0.4) is 0 Å². The normalized spacial score (nSPS) is 14.2. The van der Waals surface area contributed by atoms with Gasteiger partial charge in [0.2, 0.25) is 0 Å². The number of nitrogens with zero attached hydrogens (tertiary/aromatic N) is 3. The van der Waals surface area contributed by atoms with Crippen molar-refractivity contribution in [2.75, 3.05) is 37.7 Å². The Hall–Kier alpha value is -2.67. The smallest absolute Gasteiger partial charge is 0.315 e. The van der Waals surface area contributed by atoms with Crippen molar-refractivity contribution in [3.63, 3.8) is 0 Å². The minimum atomic E-state index is -0.187. The maximum atomic E-state index is 12.0. The fourth-order valence-corrected chi connectivity index (χ4v) is 2.72. The Morgan fingerprint density at radius 1 is 1.08 bits per heavy atom. The SMILES string of the molecule is O=C(NCCc1ccccn1)NCc1cccnc1N1CCOCC1. The minimum absolute atomic E-state index is 0.187. The molecule has 1 fully saturated rings. The zero-order chi connectivity index (χ0) is 17.3. The minimum Gasteiger partial charge on any atom is -0.378 e. The summed E-state index contributed by atoms with van der Waals surface area (Å²) < 4.78 is 5.39. The van der Waals surface area contributed by atoms with Gasteiger partial charge in [-0.05, 0) is 18.2 Å². The lowest BCUT2D eigenvalue weighted by molar-refractivity contribution is 0.122. The standard InChI is InChI=1S/C18H23N5O2/c24-18(21-9-6-16-5-1-2-7-19-16)22-14-15-4-3-8-20-17(15)23-10-12-25-13-11-23/h1-5,7-8H,6,9-14H2,(H2,21,22,24). The Kier molecular flexibility index (Phi) is 6.17. The van der Waals surface area contributed by atoms with Crippen LogP contribution in [0.15, 0.2) is 42.7 Å². The van der Waals surface area contributed by atoms with Crippen LogP contribution in [0.25, 0.3) is 0 Å². The van der Waals surface area contributed by atoms with E-state index >= 15 is 0 Å². The molecule has 0 unspecified atom stereocenters. The number of aromatic nitrogens is 2. The van der Waals surface area contributed by atoms with E-state index in [-0.39, 0.29) is 6.03 Å². The largest absolute Gasteiger partial charge is 0.378 e. The van der Waals surface area contributed by atoms with Gasteiger partial charge in [0.15, 0.2) is 0 Å². The monoisotopic (exact) mass is 341 g/mol. The van der Waals surface area contributed by atoms with Crippen LogP contribution < -0.4 is 15.5 Å². The van der Waals surface area contributed by atoms with Crippen molar-refractivity contribution in [1.82, 2.24) is 20.6 Å². The highest BCUT2D eigenvalue weighted by Gasteiger charge is 2.16. The number of hydrogen-bond donors (Lipinski definition) is 2. The first-order chi connectivity index (χ1) is 12.3. The summed E-state index contributed by atoms with van der Waals surface area (Å²) in [6.07, 6.45) is 4.24. The highest BCUT2D eigenvalue weighted by atomic mass is 16.5. The van der Waals surface area contributed by atoms with E-state index in [1.807, 2.05) is 30.3 Å². The van der Waals surface area contributed by atoms with E-state index in [0.29, 0.717) is 32.7 Å². The summed E-state index contributed by atoms with van der Waals surface area (Å²) in [6, 6.07) is 9.46. The first-order valence-corrected chi connectivity index (χ1v) is 8.51. The van der Waals surface area contributed by atoms with Crippen molar-refractivity contribution >= 4 is 11.8 Å². The molecule has 0 saturated carbocycles. The first kappa shape index (κ1) is 17.2. The van der Waals surface area contributed by atoms with E-state index in [1.54, 1.807) is 12.4 Å². The van der Waals surface area contributed by atoms with E-state index in [1.165, 1.54) is 0 Å². The third-order valence-corrected chi connectivity index (χ3v) is 4.01. The number of anilines is 1. The summed E-state index contributed by atoms with van der Waals surface area (Å²) in [4.78, 5) is 22.9. The molecule has 2 aromatic rings. The third-order valence-electron chi connectivity index (χ3n) is 4.01. The summed E-state index contributed by atoms with van der Waals surface area (Å²) in [6.45, 7) is 4.04. The molecule has 2 N–H and O–H groups in total. The lowest BCUT2D eigenvalue weighted by Crippen LogP contribution is -2.39. The molecular formula is C18H23N5O2. The van der Waals surface area contributed by atoms with E-state index in [9.17, 15) is 4.79 Å². The molecule has 0 radical (unpaired) electrons. The van der Waals surface area contributed by atoms with Gasteiger partial charge in [0.1, 0.15) is 5.82 Å². The Balaban J connectivity index is 1.47. The highest BCUT2D eigenvalue weighted by molar-refractivity contribution is 5.74. The maximum Gasteiger partial charge on any atom is 0.315 e. The zero-order valence-electron chi connectivity index (χ0n) is 14.1. The lowest BCUT2D eigenvalue weighted by atomic mass is 10.2. The predicted octanol–water partition coefficient (Wildman–Crippen LogP) is 1.36. The Morgan fingerprint density at radius 2 is 1.92 bits per heavy atom. The number of carbonyl (C=O) groups excluding carboxylic acids is 1. The molecule has 0 atom stereocenters. The molecule has 1 aliphatic rings. The Morgan fingerprint density at radius 3 is 2.72 bits per heavy atom. The summed E-state index contributed by atoms with van der Waals surface area (Å²) in [5.41, 5.74) is 1.97. The van der Waals surface area contributed by atoms with Crippen LogP contribution in [0.2, 0.25) is 0 Å². The topological polar surface area (TPSA) is 79.4 Å². The summed E-state index contributed by atoms with van der Waals surface area (Å²) >= 11 is 0. The van der Waals surface area contributed by atoms with Crippen molar-refractivity contribution in [3.05, 3.63) is 54.0 Å². The van der Waals surface area contributed by atoms with Gasteiger partial charge in [0.25, 0.3) is 0 Å². The fraction of sp³-hybridized carbons (Fsp3) is 0.389. The quantitative estimate of drug-likeness (QED) is 0.829. The van der Waals surface area contributed by atoms with E-state index < -0.39 is 0 Å². The molecule has 25 heavy (non-hydrogen) atoms. The second-order valence-electron chi connectivity index (χ2n) is 5.77. The van der Waals surface area contributed by atoms with Crippen molar-refractivity contribution in [2.24, 2.45) is 0 Å². The summed E-state index contributed by atoms with van der Waals surface area (Å²) in [5, 5.41) is 5.75. The molecule has 0 aliphatic carbocycles. The van der Waals surface area contributed by atoms with Gasteiger partial charge in [-0.2, -0.15) is 0 Å². The number of urea groups is 1. The van der Waals surface area contributed by atoms with Gasteiger partial charge < -0.3 is 20.3 Å². The first-order valence-electron chi connectivity index (χ1n) is 8.51. The summed E-state index contributed by atoms with van der Waals surface area (Å²) in [7, 11) is 0. The van der Waals surface area contributed by atoms with E-state index in [4.69, 9.17) is 4.74 Å². The molecule has 1 saturated heterocycles. The van der Waals surface area contributed by atoms with Crippen LogP contribution in [0.4, 0.5) is 10.6 Å². The Bertz CT molecular complexity index is 674. The molecule has 132 valence electrons. The molecule has 2 amide bonds. The molecule has 3 heterocycles. The molecule has 7 nitrogen and oxygen atoms in total. The van der Waals surface area contributed by atoms with Crippen molar-refractivity contribution < 1.29 is 9.53 Å². The van der Waals surface area contributed by atoms with Crippen LogP contribution in [-0.4, -0.2) is 48.8 Å². The van der Waals surface area contributed by atoms with Gasteiger partial charge >= 0.3 is 6.03 Å². The van der Waals surface area contributed by atoms with E-state index in [2.05, 4.69) is 25.5 Å². The average molecular weight is 341 g/mol. The number of pyridine rings is 2. The Labute approximate surface area is 147 Å². The highest BCUT2D eigenvalue weighted by Crippen LogP contribution is 2.18. The number of morpholine rings is 1. The van der Waals surface area contributed by atoms with Crippen LogP contribution in [0.1, 0.15) is 11.3 Å². The number of hydrogen-bond acceptors (Lipinski definition) is 5. The van der Waals surface area contributed by atoms with Gasteiger partial charge in [0, 0.05) is 56.3 Å². The van der Waals surface area contributed by atoms with Gasteiger partial charge in [-0.25, -0.2) is 9.78 Å². The molecule has 0 spiro atoms. The molecule has 2 aromatic heterocycles. The number of nitrogens with one attached hydrogen (secondary N) is 2. The predicted molar refractivity (Wildman–Crippen MR) is 95.4 cm³/mol. The summed E-state index contributed by atoms with van der Waals surface area (Å²) in [5.74, 6) is 0.916. The second kappa shape index (κ2) is 8.98. The molecule has 7 heteroatoms. The van der Waals surface area contributed by atoms with Crippen LogP contribution in [0, 0.1) is 0 Å². The average Bonchev–Trinajstić information content (AvgIpc) is 2.68. The van der Waals surface area contributed by atoms with Crippen LogP contribution in [-0.2, 0) is 17.7 Å². The lowest BCUT2D eigenvalue weighted by Gasteiger charge is -2.29. The van der Waals surface area contributed by atoms with Gasteiger partial charge in [-0.3, -0.25) is 4.98 Å². The van der Waals surface area contributed by atoms with Gasteiger partial charge in [-0.15, -0.1) is 0 Å². The number of rotatable bonds is 6. The number of amides is 2. The van der Waals surface area contributed by atoms with Gasteiger partial charge in [-0.1, -0.05) is 12.1 Å². The van der Waals surface area contributed by atoms with Gasteiger partial charge in [0.05, 0.1) is 13.2 Å². The number of ether oxygens (including phenoxy) is 1. The molecule has 1 aliphatic heterocycles. The molecule has 0 aromatic carbocycles. The molecule has 0 bridgehead atoms. The molecule has 3 rings (SSSR count). The second-order valence-corrected chi connectivity index (χ2v) is 5.77. The maximum absolute atomic E-state index is 12.0. The van der Waals surface area contributed by atoms with Crippen molar-refractivity contribution in [2.45, 2.75) is 13.0 Å².